The number of carboxylic acids is 1. The SMILES string of the molecule is CCCCCCCCCCOC[C@H](NC(=O)OCCCCCCCCCC)C(=O)O. The van der Waals surface area contributed by atoms with Crippen molar-refractivity contribution in [2.75, 3.05) is 19.8 Å². The first kappa shape index (κ1) is 28.7. The van der Waals surface area contributed by atoms with Crippen molar-refractivity contribution in [3.63, 3.8) is 0 Å². The van der Waals surface area contributed by atoms with Gasteiger partial charge < -0.3 is 19.9 Å². The van der Waals surface area contributed by atoms with Gasteiger partial charge in [-0.15, -0.1) is 0 Å². The predicted octanol–water partition coefficient (Wildman–Crippen LogP) is 6.46. The van der Waals surface area contributed by atoms with E-state index in [1.165, 1.54) is 70.6 Å². The van der Waals surface area contributed by atoms with Crippen molar-refractivity contribution in [3.8, 4) is 0 Å². The van der Waals surface area contributed by atoms with Crippen LogP contribution in [0.5, 0.6) is 0 Å². The van der Waals surface area contributed by atoms with E-state index in [-0.39, 0.29) is 6.61 Å². The number of hydrogen-bond donors (Lipinski definition) is 2. The Morgan fingerprint density at radius 2 is 1.13 bits per heavy atom. The Hall–Kier alpha value is -1.30. The van der Waals surface area contributed by atoms with Crippen LogP contribution in [0.2, 0.25) is 0 Å². The highest BCUT2D eigenvalue weighted by molar-refractivity contribution is 5.79. The maximum atomic E-state index is 11.8. The van der Waals surface area contributed by atoms with Crippen LogP contribution in [0.3, 0.4) is 0 Å². The molecular formula is C24H47NO5. The van der Waals surface area contributed by atoms with E-state index in [1.54, 1.807) is 0 Å². The van der Waals surface area contributed by atoms with E-state index in [0.717, 1.165) is 32.1 Å². The first-order chi connectivity index (χ1) is 14.6. The van der Waals surface area contributed by atoms with Crippen LogP contribution < -0.4 is 5.32 Å². The summed E-state index contributed by atoms with van der Waals surface area (Å²) in [6.07, 6.45) is 18.3. The molecule has 6 heteroatoms. The molecule has 178 valence electrons. The molecule has 0 aliphatic carbocycles. The Bertz CT molecular complexity index is 403. The molecule has 1 amide bonds. The van der Waals surface area contributed by atoms with Gasteiger partial charge in [-0.2, -0.15) is 0 Å². The number of amides is 1. The molecule has 0 saturated heterocycles. The number of alkyl carbamates (subject to hydrolysis) is 1. The van der Waals surface area contributed by atoms with Crippen molar-refractivity contribution < 1.29 is 24.2 Å². The molecule has 0 heterocycles. The summed E-state index contributed by atoms with van der Waals surface area (Å²) in [4.78, 5) is 23.1. The fourth-order valence-electron chi connectivity index (χ4n) is 3.30. The summed E-state index contributed by atoms with van der Waals surface area (Å²) in [6, 6.07) is -1.06. The summed E-state index contributed by atoms with van der Waals surface area (Å²) in [5.74, 6) is -1.10. The Morgan fingerprint density at radius 1 is 0.700 bits per heavy atom. The largest absolute Gasteiger partial charge is 0.480 e. The number of ether oxygens (including phenoxy) is 2. The number of carbonyl (C=O) groups excluding carboxylic acids is 1. The summed E-state index contributed by atoms with van der Waals surface area (Å²) in [6.45, 7) is 5.24. The number of rotatable bonds is 22. The molecule has 0 bridgehead atoms. The molecule has 0 aromatic heterocycles. The lowest BCUT2D eigenvalue weighted by molar-refractivity contribution is -0.141. The third-order valence-corrected chi connectivity index (χ3v) is 5.25. The lowest BCUT2D eigenvalue weighted by Gasteiger charge is -2.15. The maximum absolute atomic E-state index is 11.8. The van der Waals surface area contributed by atoms with Crippen molar-refractivity contribution in [1.29, 1.82) is 0 Å². The molecule has 2 N–H and O–H groups in total. The molecule has 0 aromatic rings. The van der Waals surface area contributed by atoms with E-state index in [1.807, 2.05) is 0 Å². The number of nitrogens with one attached hydrogen (secondary N) is 1. The molecule has 0 rings (SSSR count). The highest BCUT2D eigenvalue weighted by atomic mass is 16.5. The number of unbranched alkanes of at least 4 members (excludes halogenated alkanes) is 14. The van der Waals surface area contributed by atoms with Crippen LogP contribution in [0.25, 0.3) is 0 Å². The predicted molar refractivity (Wildman–Crippen MR) is 122 cm³/mol. The third-order valence-electron chi connectivity index (χ3n) is 5.25. The molecule has 1 atom stereocenters. The Kier molecular flexibility index (Phi) is 21.4. The molecule has 0 aliphatic rings. The van der Waals surface area contributed by atoms with Gasteiger partial charge in [-0.05, 0) is 12.8 Å². The van der Waals surface area contributed by atoms with Crippen molar-refractivity contribution in [1.82, 2.24) is 5.32 Å². The van der Waals surface area contributed by atoms with Crippen LogP contribution in [0.15, 0.2) is 0 Å². The summed E-state index contributed by atoms with van der Waals surface area (Å²) >= 11 is 0. The van der Waals surface area contributed by atoms with Gasteiger partial charge in [0.25, 0.3) is 0 Å². The van der Waals surface area contributed by atoms with Crippen LogP contribution in [-0.2, 0) is 14.3 Å². The second-order valence-corrected chi connectivity index (χ2v) is 8.20. The van der Waals surface area contributed by atoms with Gasteiger partial charge in [0.15, 0.2) is 6.04 Å². The number of carboxylic acid groups (broad SMARTS) is 1. The molecule has 30 heavy (non-hydrogen) atoms. The molecular weight excluding hydrogens is 382 g/mol. The molecule has 6 nitrogen and oxygen atoms in total. The number of hydrogen-bond acceptors (Lipinski definition) is 4. The van der Waals surface area contributed by atoms with Gasteiger partial charge in [-0.1, -0.05) is 104 Å². The fraction of sp³-hybridized carbons (Fsp3) is 0.917. The third kappa shape index (κ3) is 20.0. The summed E-state index contributed by atoms with van der Waals surface area (Å²) in [5.41, 5.74) is 0. The first-order valence-electron chi connectivity index (χ1n) is 12.4. The molecule has 0 unspecified atom stereocenters. The zero-order valence-electron chi connectivity index (χ0n) is 19.6. The summed E-state index contributed by atoms with van der Waals surface area (Å²) in [5, 5.41) is 11.6. The molecule has 0 saturated carbocycles. The first-order valence-corrected chi connectivity index (χ1v) is 12.4. The average molecular weight is 430 g/mol. The standard InChI is InChI=1S/C24H47NO5/c1-3-5-7-9-11-13-15-17-19-29-21-22(23(26)27)25-24(28)30-20-18-16-14-12-10-8-6-4-2/h22H,3-21H2,1-2H3,(H,25,28)(H,26,27)/t22-/m0/s1. The van der Waals surface area contributed by atoms with Gasteiger partial charge in [0, 0.05) is 6.61 Å². The zero-order chi connectivity index (χ0) is 22.3. The summed E-state index contributed by atoms with van der Waals surface area (Å²) < 4.78 is 10.5. The van der Waals surface area contributed by atoms with E-state index in [9.17, 15) is 14.7 Å². The fourth-order valence-corrected chi connectivity index (χ4v) is 3.30. The minimum Gasteiger partial charge on any atom is -0.480 e. The van der Waals surface area contributed by atoms with Gasteiger partial charge in [0.1, 0.15) is 0 Å². The molecule has 0 aliphatic heterocycles. The highest BCUT2D eigenvalue weighted by Gasteiger charge is 2.20. The molecule has 0 radical (unpaired) electrons. The van der Waals surface area contributed by atoms with Gasteiger partial charge in [0.05, 0.1) is 13.2 Å². The van der Waals surface area contributed by atoms with E-state index < -0.39 is 18.1 Å². The minimum absolute atomic E-state index is 0.0291. The van der Waals surface area contributed by atoms with Gasteiger partial charge >= 0.3 is 12.1 Å². The van der Waals surface area contributed by atoms with Crippen LogP contribution in [-0.4, -0.2) is 43.0 Å². The van der Waals surface area contributed by atoms with Crippen molar-refractivity contribution in [3.05, 3.63) is 0 Å². The van der Waals surface area contributed by atoms with E-state index in [0.29, 0.717) is 13.2 Å². The van der Waals surface area contributed by atoms with Gasteiger partial charge in [0.2, 0.25) is 0 Å². The van der Waals surface area contributed by atoms with Crippen molar-refractivity contribution >= 4 is 12.1 Å². The Morgan fingerprint density at radius 3 is 1.60 bits per heavy atom. The van der Waals surface area contributed by atoms with Crippen LogP contribution in [0, 0.1) is 0 Å². The van der Waals surface area contributed by atoms with Crippen LogP contribution in [0.4, 0.5) is 4.79 Å². The average Bonchev–Trinajstić information content (AvgIpc) is 2.72. The minimum atomic E-state index is -1.10. The monoisotopic (exact) mass is 429 g/mol. The molecule has 0 fully saturated rings. The summed E-state index contributed by atoms with van der Waals surface area (Å²) in [7, 11) is 0. The normalized spacial score (nSPS) is 11.9. The quantitative estimate of drug-likeness (QED) is 0.193. The molecule has 0 aromatic carbocycles. The van der Waals surface area contributed by atoms with Gasteiger partial charge in [-0.3, -0.25) is 0 Å². The van der Waals surface area contributed by atoms with E-state index >= 15 is 0 Å². The lowest BCUT2D eigenvalue weighted by Crippen LogP contribution is -2.44. The van der Waals surface area contributed by atoms with Crippen LogP contribution in [0.1, 0.15) is 117 Å². The number of carbonyl (C=O) groups is 2. The Balaban J connectivity index is 3.64. The van der Waals surface area contributed by atoms with Gasteiger partial charge in [-0.25, -0.2) is 9.59 Å². The maximum Gasteiger partial charge on any atom is 0.407 e. The highest BCUT2D eigenvalue weighted by Crippen LogP contribution is 2.09. The zero-order valence-corrected chi connectivity index (χ0v) is 19.6. The lowest BCUT2D eigenvalue weighted by atomic mass is 10.1. The Labute approximate surface area is 184 Å². The van der Waals surface area contributed by atoms with E-state index in [2.05, 4.69) is 19.2 Å². The van der Waals surface area contributed by atoms with Crippen molar-refractivity contribution in [2.45, 2.75) is 123 Å². The topological polar surface area (TPSA) is 84.9 Å². The second-order valence-electron chi connectivity index (χ2n) is 8.20. The number of aliphatic carboxylic acids is 1. The van der Waals surface area contributed by atoms with E-state index in [4.69, 9.17) is 9.47 Å². The van der Waals surface area contributed by atoms with Crippen LogP contribution >= 0.6 is 0 Å². The smallest absolute Gasteiger partial charge is 0.407 e. The second kappa shape index (κ2) is 22.4. The van der Waals surface area contributed by atoms with Crippen molar-refractivity contribution in [2.24, 2.45) is 0 Å². The molecule has 0 spiro atoms.